The number of alkyl halides is 2. The number of amides is 5. The van der Waals surface area contributed by atoms with Gasteiger partial charge in [0, 0.05) is 31.3 Å². The molecule has 11 nitrogen and oxygen atoms in total. The number of piperidine rings is 1. The van der Waals surface area contributed by atoms with Crippen LogP contribution in [0.1, 0.15) is 56.6 Å². The van der Waals surface area contributed by atoms with Gasteiger partial charge in [-0.2, -0.15) is 0 Å². The molecule has 5 amide bonds. The van der Waals surface area contributed by atoms with Crippen molar-refractivity contribution in [3.63, 3.8) is 0 Å². The van der Waals surface area contributed by atoms with E-state index in [4.69, 9.17) is 10.5 Å². The molecule has 2 aliphatic heterocycles. The van der Waals surface area contributed by atoms with Crippen molar-refractivity contribution in [2.45, 2.75) is 70.0 Å². The third-order valence-corrected chi connectivity index (χ3v) is 11.0. The van der Waals surface area contributed by atoms with Gasteiger partial charge in [-0.1, -0.05) is 68.8 Å². The highest BCUT2D eigenvalue weighted by molar-refractivity contribution is 5.95. The molecular formula is C35H41F2N5O6. The van der Waals surface area contributed by atoms with Gasteiger partial charge in [-0.15, -0.1) is 0 Å². The van der Waals surface area contributed by atoms with E-state index in [1.54, 1.807) is 0 Å². The highest BCUT2D eigenvalue weighted by Gasteiger charge is 2.71. The van der Waals surface area contributed by atoms with Crippen LogP contribution in [0.25, 0.3) is 11.1 Å². The molecule has 2 saturated heterocycles. The van der Waals surface area contributed by atoms with Gasteiger partial charge >= 0.3 is 6.09 Å². The third-order valence-electron chi connectivity index (χ3n) is 11.0. The number of alkyl carbamates (subject to hydrolysis) is 1. The monoisotopic (exact) mass is 665 g/mol. The van der Waals surface area contributed by atoms with Gasteiger partial charge in [0.2, 0.25) is 30.1 Å². The Hall–Kier alpha value is -4.55. The molecule has 256 valence electrons. The van der Waals surface area contributed by atoms with E-state index < -0.39 is 60.7 Å². The van der Waals surface area contributed by atoms with Crippen LogP contribution in [-0.4, -0.2) is 78.9 Å². The van der Waals surface area contributed by atoms with E-state index in [0.29, 0.717) is 19.4 Å². The summed E-state index contributed by atoms with van der Waals surface area (Å²) in [6.07, 6.45) is -3.73. The summed E-state index contributed by atoms with van der Waals surface area (Å²) in [5.41, 5.74) is 9.31. The van der Waals surface area contributed by atoms with Crippen molar-refractivity contribution in [2.24, 2.45) is 28.9 Å². The first kappa shape index (κ1) is 33.4. The fraction of sp³-hybridized carbons (Fsp3) is 0.514. The number of halogens is 2. The smallest absolute Gasteiger partial charge is 0.407 e. The minimum atomic E-state index is -2.94. The van der Waals surface area contributed by atoms with Gasteiger partial charge in [0.15, 0.2) is 0 Å². The van der Waals surface area contributed by atoms with Crippen LogP contribution in [0.4, 0.5) is 13.6 Å². The third kappa shape index (κ3) is 6.10. The fourth-order valence-electron chi connectivity index (χ4n) is 8.19. The molecule has 2 aliphatic carbocycles. The number of primary amides is 1. The highest BCUT2D eigenvalue weighted by atomic mass is 19.3. The van der Waals surface area contributed by atoms with Gasteiger partial charge in [-0.3, -0.25) is 19.2 Å². The first-order valence-electron chi connectivity index (χ1n) is 16.5. The number of hydrogen-bond donors (Lipinski definition) is 4. The van der Waals surface area contributed by atoms with Gasteiger partial charge < -0.3 is 31.3 Å². The van der Waals surface area contributed by atoms with E-state index in [0.717, 1.165) is 22.3 Å². The van der Waals surface area contributed by atoms with Gasteiger partial charge in [0.1, 0.15) is 24.7 Å². The Morgan fingerprint density at radius 1 is 1.04 bits per heavy atom. The summed E-state index contributed by atoms with van der Waals surface area (Å²) in [4.78, 5) is 66.5. The lowest BCUT2D eigenvalue weighted by molar-refractivity contribution is -0.143. The van der Waals surface area contributed by atoms with Crippen LogP contribution in [0.3, 0.4) is 0 Å². The molecule has 0 radical (unpaired) electrons. The van der Waals surface area contributed by atoms with E-state index >= 15 is 0 Å². The normalized spacial score (nSPS) is 26.6. The summed E-state index contributed by atoms with van der Waals surface area (Å²) in [5, 5.41) is 7.69. The first-order chi connectivity index (χ1) is 22.9. The molecule has 7 atom stereocenters. The lowest BCUT2D eigenvalue weighted by Crippen LogP contribution is -2.58. The van der Waals surface area contributed by atoms with E-state index in [-0.39, 0.29) is 48.6 Å². The number of benzene rings is 2. The van der Waals surface area contributed by atoms with Crippen molar-refractivity contribution in [1.82, 2.24) is 20.9 Å². The van der Waals surface area contributed by atoms with E-state index in [1.165, 1.54) is 4.90 Å². The minimum Gasteiger partial charge on any atom is -0.449 e. The molecule has 3 fully saturated rings. The molecule has 1 saturated carbocycles. The Balaban J connectivity index is 1.16. The van der Waals surface area contributed by atoms with Crippen molar-refractivity contribution >= 4 is 29.7 Å². The molecule has 48 heavy (non-hydrogen) atoms. The van der Waals surface area contributed by atoms with Crippen LogP contribution >= 0.6 is 0 Å². The molecule has 1 unspecified atom stereocenters. The molecular weight excluding hydrogens is 624 g/mol. The zero-order valence-corrected chi connectivity index (χ0v) is 26.9. The van der Waals surface area contributed by atoms with Crippen molar-refractivity contribution in [1.29, 1.82) is 0 Å². The number of nitrogens with zero attached hydrogens (tertiary/aromatic N) is 1. The van der Waals surface area contributed by atoms with Crippen LogP contribution in [-0.2, 0) is 23.9 Å². The van der Waals surface area contributed by atoms with Gasteiger partial charge in [-0.25, -0.2) is 13.6 Å². The average molecular weight is 666 g/mol. The summed E-state index contributed by atoms with van der Waals surface area (Å²) in [7, 11) is 0. The summed E-state index contributed by atoms with van der Waals surface area (Å²) in [5.74, 6) is -3.66. The Morgan fingerprint density at radius 3 is 2.25 bits per heavy atom. The number of rotatable bonds is 12. The van der Waals surface area contributed by atoms with Gasteiger partial charge in [-0.05, 0) is 52.3 Å². The predicted octanol–water partition coefficient (Wildman–Crippen LogP) is 2.92. The molecule has 0 spiro atoms. The molecule has 5 N–H and O–H groups in total. The van der Waals surface area contributed by atoms with E-state index in [2.05, 4.69) is 16.0 Å². The quantitative estimate of drug-likeness (QED) is 0.273. The predicted molar refractivity (Wildman–Crippen MR) is 170 cm³/mol. The van der Waals surface area contributed by atoms with Crippen molar-refractivity contribution in [3.05, 3.63) is 59.7 Å². The van der Waals surface area contributed by atoms with Crippen molar-refractivity contribution in [3.8, 4) is 11.1 Å². The van der Waals surface area contributed by atoms with Crippen LogP contribution in [0.2, 0.25) is 0 Å². The molecule has 6 rings (SSSR count). The SMILES string of the molecule is CCC1(C)[C@@H]2[C@@H](C(=O)N[C@@H](C[C@@H]3CCNC3=O)C(N)=O)N(C(=O)[C@H](CC(F)F)NC(=O)OCC3c4ccccc4-c4ccccc43)C[C@@H]21. The number of likely N-dealkylation sites (tertiary alicyclic amines) is 1. The molecule has 0 aromatic heterocycles. The maximum atomic E-state index is 13.9. The Labute approximate surface area is 277 Å². The average Bonchev–Trinajstić information content (AvgIpc) is 3.46. The first-order valence-corrected chi connectivity index (χ1v) is 16.5. The number of hydrogen-bond acceptors (Lipinski definition) is 6. The number of nitrogens with two attached hydrogens (primary N) is 1. The summed E-state index contributed by atoms with van der Waals surface area (Å²) in [6, 6.07) is 11.6. The maximum absolute atomic E-state index is 13.9. The maximum Gasteiger partial charge on any atom is 0.407 e. The van der Waals surface area contributed by atoms with E-state index in [1.807, 2.05) is 62.4 Å². The Bertz CT molecular complexity index is 1580. The lowest BCUT2D eigenvalue weighted by Gasteiger charge is -2.34. The zero-order valence-electron chi connectivity index (χ0n) is 26.9. The molecule has 13 heteroatoms. The van der Waals surface area contributed by atoms with E-state index in [9.17, 15) is 32.8 Å². The molecule has 2 heterocycles. The topological polar surface area (TPSA) is 160 Å². The summed E-state index contributed by atoms with van der Waals surface area (Å²) >= 11 is 0. The number of ether oxygens (including phenoxy) is 1. The zero-order chi connectivity index (χ0) is 34.3. The van der Waals surface area contributed by atoms with Gasteiger partial charge in [0.25, 0.3) is 0 Å². The van der Waals surface area contributed by atoms with Crippen LogP contribution in [0.5, 0.6) is 0 Å². The fourth-order valence-corrected chi connectivity index (χ4v) is 8.19. The highest BCUT2D eigenvalue weighted by Crippen LogP contribution is 2.67. The largest absolute Gasteiger partial charge is 0.449 e. The number of carbonyl (C=O) groups is 5. The molecule has 2 aromatic carbocycles. The second kappa shape index (κ2) is 13.2. The second-order valence-electron chi connectivity index (χ2n) is 13.6. The molecule has 4 aliphatic rings. The number of nitrogens with one attached hydrogen (secondary N) is 3. The number of carbonyl (C=O) groups excluding carboxylic acids is 5. The van der Waals surface area contributed by atoms with Crippen LogP contribution in [0, 0.1) is 23.2 Å². The minimum absolute atomic E-state index is 0.00403. The molecule has 0 bridgehead atoms. The Morgan fingerprint density at radius 2 is 1.69 bits per heavy atom. The standard InChI is InChI=1S/C35H41F2N5O6/c1-3-35(2)24-16-42(29(28(24)35)32(45)40-25(30(38)43)14-18-12-13-39-31(18)44)33(46)26(15-27(36)37)41-34(47)48-17-23-21-10-6-4-8-19(21)20-9-5-7-11-22(20)23/h4-11,18,23-29H,3,12-17H2,1-2H3,(H2,38,43)(H,39,44)(H,40,45)(H,41,47)/t18-,24-,25-,26-,28-,29-,35?/m0/s1. The molecule has 2 aromatic rings. The lowest BCUT2D eigenvalue weighted by atomic mass is 9.94. The van der Waals surface area contributed by atoms with Crippen molar-refractivity contribution < 1.29 is 37.5 Å². The Kier molecular flexibility index (Phi) is 9.14. The summed E-state index contributed by atoms with van der Waals surface area (Å²) in [6.45, 7) is 4.49. The van der Waals surface area contributed by atoms with Crippen LogP contribution in [0.15, 0.2) is 48.5 Å². The van der Waals surface area contributed by atoms with Gasteiger partial charge in [0.05, 0.1) is 0 Å². The second-order valence-corrected chi connectivity index (χ2v) is 13.6. The van der Waals surface area contributed by atoms with Crippen LogP contribution < -0.4 is 21.7 Å². The van der Waals surface area contributed by atoms with Crippen molar-refractivity contribution in [2.75, 3.05) is 19.7 Å². The summed E-state index contributed by atoms with van der Waals surface area (Å²) < 4.78 is 33.2. The number of fused-ring (bicyclic) bond motifs is 4.